The van der Waals surface area contributed by atoms with E-state index in [0.29, 0.717) is 70.6 Å². The summed E-state index contributed by atoms with van der Waals surface area (Å²) in [5.41, 5.74) is 2.59. The highest BCUT2D eigenvalue weighted by molar-refractivity contribution is 7.73. The number of hydrogen-bond acceptors (Lipinski definition) is 10. The smallest absolute Gasteiger partial charge is 0.220 e. The van der Waals surface area contributed by atoms with Crippen molar-refractivity contribution in [3.8, 4) is 11.5 Å². The minimum atomic E-state index is -2.40. The van der Waals surface area contributed by atoms with E-state index in [-0.39, 0.29) is 23.8 Å². The molecule has 10 nitrogen and oxygen atoms in total. The molecule has 6 rings (SSSR count). The summed E-state index contributed by atoms with van der Waals surface area (Å²) in [5.74, 6) is 1.32. The first-order chi connectivity index (χ1) is 23.8. The molecule has 3 heterocycles. The van der Waals surface area contributed by atoms with Crippen LogP contribution < -0.4 is 20.1 Å². The number of benzene rings is 3. The van der Waals surface area contributed by atoms with Crippen LogP contribution in [0.5, 0.6) is 11.5 Å². The molecule has 13 heteroatoms. The molecule has 0 fully saturated rings. The fourth-order valence-corrected chi connectivity index (χ4v) is 6.47. The van der Waals surface area contributed by atoms with Crippen molar-refractivity contribution in [1.82, 2.24) is 20.3 Å². The maximum absolute atomic E-state index is 13.6. The van der Waals surface area contributed by atoms with Crippen LogP contribution in [0.4, 0.5) is 15.9 Å². The number of methoxy groups -OCH3 is 1. The molecule has 1 unspecified atom stereocenters. The van der Waals surface area contributed by atoms with Gasteiger partial charge in [0.05, 0.1) is 29.6 Å². The molecule has 3 aromatic carbocycles. The van der Waals surface area contributed by atoms with Gasteiger partial charge in [0.2, 0.25) is 10.3 Å². The molecule has 2 N–H and O–H groups in total. The predicted octanol–water partition coefficient (Wildman–Crippen LogP) is 6.75. The van der Waals surface area contributed by atoms with Gasteiger partial charge in [-0.25, -0.2) is 14.4 Å². The Morgan fingerprint density at radius 1 is 1.04 bits per heavy atom. The number of anilines is 2. The number of rotatable bonds is 14. The van der Waals surface area contributed by atoms with Gasteiger partial charge in [-0.3, -0.25) is 4.98 Å². The van der Waals surface area contributed by atoms with Crippen molar-refractivity contribution in [1.29, 1.82) is 0 Å². The van der Waals surface area contributed by atoms with Crippen LogP contribution in [0.2, 0.25) is 5.02 Å². The molecule has 252 valence electrons. The van der Waals surface area contributed by atoms with Gasteiger partial charge in [0, 0.05) is 41.9 Å². The zero-order chi connectivity index (χ0) is 34.2. The number of halogens is 2. The Balaban J connectivity index is 1.19. The number of nitrogens with zero attached hydrogens (tertiary/aromatic N) is 3. The van der Waals surface area contributed by atoms with E-state index in [4.69, 9.17) is 25.8 Å². The average Bonchev–Trinajstić information content (AvgIpc) is 3.59. The Kier molecular flexibility index (Phi) is 10.7. The molecule has 49 heavy (non-hydrogen) atoms. The monoisotopic (exact) mass is 701 g/mol. The highest BCUT2D eigenvalue weighted by Gasteiger charge is 2.38. The summed E-state index contributed by atoms with van der Waals surface area (Å²) in [7, 11) is -0.787. The van der Waals surface area contributed by atoms with E-state index in [9.17, 15) is 12.8 Å². The fraction of sp³-hybridized carbons (Fsp3) is 0.222. The van der Waals surface area contributed by atoms with Crippen LogP contribution in [0.1, 0.15) is 36.1 Å². The van der Waals surface area contributed by atoms with Gasteiger partial charge in [-0.2, -0.15) is 8.42 Å². The van der Waals surface area contributed by atoms with Gasteiger partial charge in [-0.1, -0.05) is 29.8 Å². The van der Waals surface area contributed by atoms with Gasteiger partial charge in [0.15, 0.2) is 0 Å². The first-order valence-electron chi connectivity index (χ1n) is 15.5. The first-order valence-corrected chi connectivity index (χ1v) is 17.0. The fourth-order valence-electron chi connectivity index (χ4n) is 5.73. The quantitative estimate of drug-likeness (QED) is 0.0730. The predicted molar refractivity (Wildman–Crippen MR) is 187 cm³/mol. The van der Waals surface area contributed by atoms with E-state index in [1.54, 1.807) is 62.0 Å². The zero-order valence-corrected chi connectivity index (χ0v) is 28.1. The van der Waals surface area contributed by atoms with E-state index in [2.05, 4.69) is 25.6 Å². The van der Waals surface area contributed by atoms with Crippen LogP contribution in [-0.2, 0) is 27.2 Å². The van der Waals surface area contributed by atoms with E-state index in [1.165, 1.54) is 18.5 Å². The standard InChI is InChI=1S/C36H33ClFN5O5S/c1-46-33-20-31-27(35(42-23-41-31)43-26-10-11-32(29(37)18-26)47-22-24-7-4-8-25(38)17-24)19-28(33)36(13-6-16-48-36)12-5-14-39-21-34(49(44)45)30-9-2-3-15-40-30/h2-4,6-11,15-20,23,39H,5,12-14,21-22H2,1H3,(H,41,42,43). The topological polar surface area (TPSA) is 125 Å². The lowest BCUT2D eigenvalue weighted by Crippen LogP contribution is -2.30. The maximum Gasteiger partial charge on any atom is 0.220 e. The van der Waals surface area contributed by atoms with Crippen LogP contribution >= 0.6 is 11.6 Å². The van der Waals surface area contributed by atoms with Gasteiger partial charge in [-0.05, 0) is 79.6 Å². The zero-order valence-electron chi connectivity index (χ0n) is 26.5. The molecule has 0 spiro atoms. The van der Waals surface area contributed by atoms with Crippen molar-refractivity contribution in [2.45, 2.75) is 31.5 Å². The van der Waals surface area contributed by atoms with Crippen LogP contribution in [0.3, 0.4) is 0 Å². The molecule has 0 radical (unpaired) electrons. The summed E-state index contributed by atoms with van der Waals surface area (Å²) < 4.78 is 55.2. The third-order valence-corrected chi connectivity index (χ3v) is 9.19. The molecule has 1 atom stereocenters. The van der Waals surface area contributed by atoms with E-state index < -0.39 is 15.9 Å². The molecule has 5 aromatic rings. The van der Waals surface area contributed by atoms with Crippen molar-refractivity contribution in [3.05, 3.63) is 125 Å². The highest BCUT2D eigenvalue weighted by atomic mass is 35.5. The average molecular weight is 702 g/mol. The van der Waals surface area contributed by atoms with Crippen molar-refractivity contribution in [2.75, 3.05) is 25.5 Å². The third kappa shape index (κ3) is 7.99. The van der Waals surface area contributed by atoms with E-state index >= 15 is 0 Å². The number of hydrogen-bond donors (Lipinski definition) is 2. The van der Waals surface area contributed by atoms with Crippen LogP contribution in [0, 0.1) is 5.82 Å². The van der Waals surface area contributed by atoms with Crippen molar-refractivity contribution in [3.63, 3.8) is 0 Å². The second kappa shape index (κ2) is 15.5. The lowest BCUT2D eigenvalue weighted by molar-refractivity contribution is 0.0284. The van der Waals surface area contributed by atoms with Crippen molar-refractivity contribution >= 4 is 49.2 Å². The van der Waals surface area contributed by atoms with Crippen molar-refractivity contribution in [2.24, 2.45) is 0 Å². The second-order valence-corrected chi connectivity index (χ2v) is 12.7. The van der Waals surface area contributed by atoms with Gasteiger partial charge in [0.25, 0.3) is 0 Å². The van der Waals surface area contributed by atoms with Gasteiger partial charge < -0.3 is 24.8 Å². The molecule has 0 aliphatic carbocycles. The minimum absolute atomic E-state index is 0.162. The first kappa shape index (κ1) is 33.8. The van der Waals surface area contributed by atoms with E-state index in [1.807, 2.05) is 24.3 Å². The number of aromatic nitrogens is 3. The summed E-state index contributed by atoms with van der Waals surface area (Å²) in [4.78, 5) is 13.4. The largest absolute Gasteiger partial charge is 0.496 e. The number of ether oxygens (including phenoxy) is 3. The second-order valence-electron chi connectivity index (χ2n) is 11.3. The molecule has 1 aliphatic rings. The van der Waals surface area contributed by atoms with Gasteiger partial charge in [-0.15, -0.1) is 0 Å². The molecule has 2 aromatic heterocycles. The molecule has 0 amide bonds. The molecule has 0 saturated heterocycles. The normalized spacial score (nSPS) is 15.2. The summed E-state index contributed by atoms with van der Waals surface area (Å²) in [6, 6.07) is 20.5. The molecular weight excluding hydrogens is 669 g/mol. The van der Waals surface area contributed by atoms with Crippen LogP contribution in [-0.4, -0.2) is 48.4 Å². The molecule has 1 aliphatic heterocycles. The Labute approximate surface area is 289 Å². The Morgan fingerprint density at radius 2 is 1.94 bits per heavy atom. The van der Waals surface area contributed by atoms with Gasteiger partial charge >= 0.3 is 0 Å². The van der Waals surface area contributed by atoms with E-state index in [0.717, 1.165) is 10.9 Å². The molecule has 0 bridgehead atoms. The van der Waals surface area contributed by atoms with Crippen LogP contribution in [0.25, 0.3) is 10.9 Å². The summed E-state index contributed by atoms with van der Waals surface area (Å²) >= 11 is 6.56. The summed E-state index contributed by atoms with van der Waals surface area (Å²) in [6.07, 6.45) is 8.65. The number of fused-ring (bicyclic) bond motifs is 1. The van der Waals surface area contributed by atoms with Crippen LogP contribution in [0.15, 0.2) is 97.7 Å². The molecule has 0 saturated carbocycles. The summed E-state index contributed by atoms with van der Waals surface area (Å²) in [6.45, 7) is 0.883. The number of pyridine rings is 1. The SMILES string of the molecule is COc1cc2ncnc(Nc3ccc(OCc4cccc(F)c4)c(Cl)c3)c2cc1C1(CCCNCC(c2ccccn2)=S(=O)=O)CC=CO1. The highest BCUT2D eigenvalue weighted by Crippen LogP contribution is 2.45. The lowest BCUT2D eigenvalue weighted by atomic mass is 9.85. The molecular formula is C36H33ClFN5O5S. The summed E-state index contributed by atoms with van der Waals surface area (Å²) in [5, 5.41) is 7.72. The lowest BCUT2D eigenvalue weighted by Gasteiger charge is -2.31. The maximum atomic E-state index is 13.6. The van der Waals surface area contributed by atoms with Crippen molar-refractivity contribution < 1.29 is 27.0 Å². The minimum Gasteiger partial charge on any atom is -0.496 e. The Hall–Kier alpha value is -5.04. The Bertz CT molecular complexity index is 2120. The Morgan fingerprint density at radius 3 is 2.67 bits per heavy atom. The number of nitrogens with one attached hydrogen (secondary N) is 2. The van der Waals surface area contributed by atoms with Gasteiger partial charge in [0.1, 0.15) is 46.5 Å². The third-order valence-electron chi connectivity index (χ3n) is 8.13.